The highest BCUT2D eigenvalue weighted by molar-refractivity contribution is 6.08. The van der Waals surface area contributed by atoms with E-state index >= 15 is 0 Å². The zero-order valence-electron chi connectivity index (χ0n) is 17.9. The molecule has 0 aliphatic heterocycles. The third kappa shape index (κ3) is 2.69. The molecule has 0 aliphatic rings. The maximum Gasteiger partial charge on any atom is 0.227 e. The van der Waals surface area contributed by atoms with Crippen molar-refractivity contribution in [3.05, 3.63) is 96.7 Å². The fraction of sp³-hybridized carbons (Fsp3) is 0.0357. The van der Waals surface area contributed by atoms with E-state index < -0.39 is 0 Å². The maximum atomic E-state index is 6.30. The molecule has 3 aromatic carbocycles. The van der Waals surface area contributed by atoms with Crippen molar-refractivity contribution in [3.8, 4) is 17.1 Å². The first-order valence-corrected chi connectivity index (χ1v) is 10.9. The topological polar surface area (TPSA) is 56.7 Å². The van der Waals surface area contributed by atoms with Crippen LogP contribution in [-0.4, -0.2) is 19.5 Å². The van der Waals surface area contributed by atoms with Crippen molar-refractivity contribution < 1.29 is 4.42 Å². The number of para-hydroxylation sites is 3. The minimum atomic E-state index is 0.642. The summed E-state index contributed by atoms with van der Waals surface area (Å²) >= 11 is 0. The van der Waals surface area contributed by atoms with Gasteiger partial charge in [0.05, 0.1) is 16.6 Å². The maximum absolute atomic E-state index is 6.30. The molecular weight excluding hydrogens is 408 g/mol. The Morgan fingerprint density at radius 1 is 0.727 bits per heavy atom. The van der Waals surface area contributed by atoms with Gasteiger partial charge in [0.15, 0.2) is 11.5 Å². The Hall–Kier alpha value is -4.51. The molecule has 5 nitrogen and oxygen atoms in total. The van der Waals surface area contributed by atoms with Crippen LogP contribution in [0.3, 0.4) is 0 Å². The zero-order valence-corrected chi connectivity index (χ0v) is 17.9. The zero-order chi connectivity index (χ0) is 21.9. The molecular formula is C28H18N4O. The summed E-state index contributed by atoms with van der Waals surface area (Å²) in [6, 6.07) is 30.8. The third-order valence-corrected chi connectivity index (χ3v) is 6.11. The van der Waals surface area contributed by atoms with Crippen LogP contribution < -0.4 is 0 Å². The minimum absolute atomic E-state index is 0.642. The number of hydrogen-bond donors (Lipinski definition) is 0. The molecule has 0 saturated heterocycles. The van der Waals surface area contributed by atoms with E-state index in [4.69, 9.17) is 14.4 Å². The van der Waals surface area contributed by atoms with Crippen LogP contribution in [-0.2, 0) is 0 Å². The van der Waals surface area contributed by atoms with Gasteiger partial charge in [-0.2, -0.15) is 0 Å². The summed E-state index contributed by atoms with van der Waals surface area (Å²) in [7, 11) is 0. The molecule has 0 atom stereocenters. The molecule has 33 heavy (non-hydrogen) atoms. The normalized spacial score (nSPS) is 11.8. The summed E-state index contributed by atoms with van der Waals surface area (Å²) in [5, 5.41) is 3.11. The predicted molar refractivity (Wildman–Crippen MR) is 132 cm³/mol. The van der Waals surface area contributed by atoms with E-state index in [0.29, 0.717) is 11.4 Å². The smallest absolute Gasteiger partial charge is 0.227 e. The molecule has 0 amide bonds. The lowest BCUT2D eigenvalue weighted by Gasteiger charge is -2.10. The highest BCUT2D eigenvalue weighted by atomic mass is 16.3. The molecule has 0 saturated carbocycles. The second-order valence-corrected chi connectivity index (χ2v) is 8.22. The number of aromatic nitrogens is 4. The van der Waals surface area contributed by atoms with E-state index in [9.17, 15) is 0 Å². The van der Waals surface area contributed by atoms with E-state index in [1.807, 2.05) is 55.5 Å². The van der Waals surface area contributed by atoms with Crippen LogP contribution in [0.2, 0.25) is 0 Å². The molecule has 0 fully saturated rings. The molecule has 4 heterocycles. The number of rotatable bonds is 2. The SMILES string of the molecule is Cc1ccc2c(n1)oc1c(-c3nc4nc5ccccc5cc4n3-c3ccccc3)cccc12. The Balaban J connectivity index is 1.61. The Morgan fingerprint density at radius 3 is 2.48 bits per heavy atom. The standard InChI is InChI=1S/C28H18N4O/c1-17-14-15-21-20-11-7-12-22(25(20)33-28(21)29-17)27-31-26-24(32(27)19-9-3-2-4-10-19)16-18-8-5-6-13-23(18)30-26/h2-16H,1H3. The van der Waals surface area contributed by atoms with Crippen LogP contribution in [0.5, 0.6) is 0 Å². The lowest BCUT2D eigenvalue weighted by Crippen LogP contribution is -1.97. The van der Waals surface area contributed by atoms with Gasteiger partial charge in [-0.15, -0.1) is 0 Å². The highest BCUT2D eigenvalue weighted by Crippen LogP contribution is 2.37. The van der Waals surface area contributed by atoms with Crippen LogP contribution in [0.25, 0.3) is 61.2 Å². The molecule has 4 aromatic heterocycles. The van der Waals surface area contributed by atoms with Crippen LogP contribution in [0, 0.1) is 6.92 Å². The first-order chi connectivity index (χ1) is 16.3. The molecule has 7 aromatic rings. The largest absolute Gasteiger partial charge is 0.437 e. The van der Waals surface area contributed by atoms with Crippen LogP contribution in [0.15, 0.2) is 95.4 Å². The average molecular weight is 426 g/mol. The number of hydrogen-bond acceptors (Lipinski definition) is 4. The molecule has 7 rings (SSSR count). The number of furan rings is 1. The molecule has 0 unspecified atom stereocenters. The van der Waals surface area contributed by atoms with Gasteiger partial charge in [-0.05, 0) is 49.4 Å². The summed E-state index contributed by atoms with van der Waals surface area (Å²) in [6.45, 7) is 1.97. The fourth-order valence-electron chi connectivity index (χ4n) is 4.57. The monoisotopic (exact) mass is 426 g/mol. The minimum Gasteiger partial charge on any atom is -0.437 e. The number of nitrogens with zero attached hydrogens (tertiary/aromatic N) is 4. The van der Waals surface area contributed by atoms with Crippen LogP contribution >= 0.6 is 0 Å². The number of benzene rings is 3. The molecule has 156 valence electrons. The fourth-order valence-corrected chi connectivity index (χ4v) is 4.57. The molecule has 0 aliphatic carbocycles. The van der Waals surface area contributed by atoms with Crippen molar-refractivity contribution in [2.75, 3.05) is 0 Å². The van der Waals surface area contributed by atoms with Gasteiger partial charge in [0.1, 0.15) is 5.58 Å². The van der Waals surface area contributed by atoms with Crippen molar-refractivity contribution in [1.29, 1.82) is 0 Å². The quantitative estimate of drug-likeness (QED) is 0.304. The number of aryl methyl sites for hydroxylation is 1. The van der Waals surface area contributed by atoms with Gasteiger partial charge < -0.3 is 4.42 Å². The average Bonchev–Trinajstić information content (AvgIpc) is 3.40. The molecule has 0 spiro atoms. The first-order valence-electron chi connectivity index (χ1n) is 10.9. The molecule has 0 bridgehead atoms. The number of pyridine rings is 2. The van der Waals surface area contributed by atoms with Crippen LogP contribution in [0.4, 0.5) is 0 Å². The van der Waals surface area contributed by atoms with Gasteiger partial charge in [-0.1, -0.05) is 48.5 Å². The second kappa shape index (κ2) is 6.74. The van der Waals surface area contributed by atoms with E-state index in [2.05, 4.69) is 52.0 Å². The lowest BCUT2D eigenvalue weighted by atomic mass is 10.1. The van der Waals surface area contributed by atoms with Gasteiger partial charge in [0.2, 0.25) is 5.71 Å². The summed E-state index contributed by atoms with van der Waals surface area (Å²) in [6.07, 6.45) is 0. The van der Waals surface area contributed by atoms with Crippen molar-refractivity contribution >= 4 is 44.1 Å². The van der Waals surface area contributed by atoms with Crippen molar-refractivity contribution in [1.82, 2.24) is 19.5 Å². The van der Waals surface area contributed by atoms with E-state index in [0.717, 1.165) is 55.5 Å². The van der Waals surface area contributed by atoms with E-state index in [1.165, 1.54) is 0 Å². The number of fused-ring (bicyclic) bond motifs is 5. The Morgan fingerprint density at radius 2 is 1.58 bits per heavy atom. The Kier molecular flexibility index (Phi) is 3.70. The van der Waals surface area contributed by atoms with Gasteiger partial charge in [-0.3, -0.25) is 4.57 Å². The summed E-state index contributed by atoms with van der Waals surface area (Å²) in [5.41, 5.74) is 6.87. The predicted octanol–water partition coefficient (Wildman–Crippen LogP) is 6.84. The van der Waals surface area contributed by atoms with Gasteiger partial charge in [0.25, 0.3) is 0 Å². The highest BCUT2D eigenvalue weighted by Gasteiger charge is 2.20. The molecule has 0 N–H and O–H groups in total. The Bertz CT molecular complexity index is 1830. The second-order valence-electron chi connectivity index (χ2n) is 8.22. The van der Waals surface area contributed by atoms with Gasteiger partial charge >= 0.3 is 0 Å². The molecule has 5 heteroatoms. The third-order valence-electron chi connectivity index (χ3n) is 6.11. The summed E-state index contributed by atoms with van der Waals surface area (Å²) in [4.78, 5) is 14.5. The summed E-state index contributed by atoms with van der Waals surface area (Å²) in [5.74, 6) is 0.792. The van der Waals surface area contributed by atoms with E-state index in [1.54, 1.807) is 0 Å². The first kappa shape index (κ1) is 18.1. The Labute approximate surface area is 189 Å². The summed E-state index contributed by atoms with van der Waals surface area (Å²) < 4.78 is 8.46. The number of imidazole rings is 1. The van der Waals surface area contributed by atoms with Crippen LogP contribution in [0.1, 0.15) is 5.69 Å². The molecule has 0 radical (unpaired) electrons. The van der Waals surface area contributed by atoms with Gasteiger partial charge in [0, 0.05) is 27.5 Å². The van der Waals surface area contributed by atoms with E-state index in [-0.39, 0.29) is 0 Å². The van der Waals surface area contributed by atoms with Crippen molar-refractivity contribution in [2.45, 2.75) is 6.92 Å². The van der Waals surface area contributed by atoms with Gasteiger partial charge in [-0.25, -0.2) is 15.0 Å². The lowest BCUT2D eigenvalue weighted by molar-refractivity contribution is 0.653. The van der Waals surface area contributed by atoms with Crippen molar-refractivity contribution in [2.24, 2.45) is 0 Å². The van der Waals surface area contributed by atoms with Crippen molar-refractivity contribution in [3.63, 3.8) is 0 Å².